The molecule has 0 aromatic carbocycles. The van der Waals surface area contributed by atoms with Crippen LogP contribution in [0.5, 0.6) is 0 Å². The Morgan fingerprint density at radius 1 is 1.75 bits per heavy atom. The van der Waals surface area contributed by atoms with E-state index in [-0.39, 0.29) is 51.4 Å². The molecular formula is C3H4KN2OS+. The van der Waals surface area contributed by atoms with Crippen molar-refractivity contribution in [2.24, 2.45) is 0 Å². The number of nitrogens with zero attached hydrogens (tertiary/aromatic N) is 1. The van der Waals surface area contributed by atoms with Gasteiger partial charge in [-0.05, 0) is 12.2 Å². The van der Waals surface area contributed by atoms with Crippen LogP contribution in [0.25, 0.3) is 0 Å². The SMILES string of the molecule is Cc1n[nH]c(=S)o1.[K+]. The average molecular weight is 155 g/mol. The van der Waals surface area contributed by atoms with Crippen LogP contribution in [0.2, 0.25) is 0 Å². The summed E-state index contributed by atoms with van der Waals surface area (Å²) in [6.07, 6.45) is 0. The van der Waals surface area contributed by atoms with E-state index in [0.29, 0.717) is 10.7 Å². The number of aromatic amines is 1. The van der Waals surface area contributed by atoms with Crippen molar-refractivity contribution in [2.75, 3.05) is 0 Å². The van der Waals surface area contributed by atoms with E-state index < -0.39 is 0 Å². The molecule has 0 saturated heterocycles. The van der Waals surface area contributed by atoms with Gasteiger partial charge in [-0.25, -0.2) is 5.10 Å². The van der Waals surface area contributed by atoms with Gasteiger partial charge in [0.25, 0.3) is 4.84 Å². The normalized spacial score (nSPS) is 8.12. The van der Waals surface area contributed by atoms with Crippen molar-refractivity contribution in [1.29, 1.82) is 0 Å². The van der Waals surface area contributed by atoms with E-state index >= 15 is 0 Å². The second kappa shape index (κ2) is 3.92. The van der Waals surface area contributed by atoms with Crippen molar-refractivity contribution in [1.82, 2.24) is 10.2 Å². The van der Waals surface area contributed by atoms with E-state index in [9.17, 15) is 0 Å². The Morgan fingerprint density at radius 3 is 2.50 bits per heavy atom. The molecule has 1 aromatic heterocycles. The van der Waals surface area contributed by atoms with Crippen molar-refractivity contribution in [3.05, 3.63) is 10.7 Å². The minimum atomic E-state index is 0. The van der Waals surface area contributed by atoms with Gasteiger partial charge in [-0.1, -0.05) is 0 Å². The second-order valence-electron chi connectivity index (χ2n) is 1.13. The molecule has 1 aromatic rings. The van der Waals surface area contributed by atoms with E-state index in [4.69, 9.17) is 4.42 Å². The van der Waals surface area contributed by atoms with Crippen LogP contribution in [-0.4, -0.2) is 10.2 Å². The van der Waals surface area contributed by atoms with E-state index in [2.05, 4.69) is 22.4 Å². The van der Waals surface area contributed by atoms with Crippen LogP contribution in [0.15, 0.2) is 4.42 Å². The minimum Gasteiger partial charge on any atom is -0.414 e. The number of aromatic nitrogens is 2. The Balaban J connectivity index is 0.000000490. The average Bonchev–Trinajstić information content (AvgIpc) is 1.87. The Labute approximate surface area is 94.3 Å². The summed E-state index contributed by atoms with van der Waals surface area (Å²) in [5.41, 5.74) is 0. The van der Waals surface area contributed by atoms with Crippen LogP contribution >= 0.6 is 12.2 Å². The fourth-order valence-electron chi connectivity index (χ4n) is 0.304. The van der Waals surface area contributed by atoms with Gasteiger partial charge >= 0.3 is 51.4 Å². The molecule has 0 atom stereocenters. The quantitative estimate of drug-likeness (QED) is 0.349. The van der Waals surface area contributed by atoms with Crippen LogP contribution in [-0.2, 0) is 0 Å². The molecule has 0 spiro atoms. The van der Waals surface area contributed by atoms with E-state index in [1.165, 1.54) is 0 Å². The fraction of sp³-hybridized carbons (Fsp3) is 0.333. The molecule has 0 unspecified atom stereocenters. The largest absolute Gasteiger partial charge is 1.00 e. The van der Waals surface area contributed by atoms with Gasteiger partial charge < -0.3 is 4.42 Å². The van der Waals surface area contributed by atoms with E-state index in [0.717, 1.165) is 0 Å². The number of aryl methyl sites for hydroxylation is 1. The molecule has 3 nitrogen and oxygen atoms in total. The van der Waals surface area contributed by atoms with Crippen LogP contribution in [0, 0.1) is 11.8 Å². The Morgan fingerprint density at radius 2 is 2.38 bits per heavy atom. The molecular weight excluding hydrogens is 151 g/mol. The Bertz CT molecular complexity index is 205. The number of nitrogens with one attached hydrogen (secondary N) is 1. The first-order valence-corrected chi connectivity index (χ1v) is 2.22. The van der Waals surface area contributed by atoms with Gasteiger partial charge in [0.05, 0.1) is 0 Å². The van der Waals surface area contributed by atoms with Crippen molar-refractivity contribution in [3.63, 3.8) is 0 Å². The molecule has 0 aliphatic rings. The van der Waals surface area contributed by atoms with Crippen molar-refractivity contribution >= 4 is 12.2 Å². The van der Waals surface area contributed by atoms with Crippen LogP contribution < -0.4 is 51.4 Å². The van der Waals surface area contributed by atoms with Gasteiger partial charge in [0.15, 0.2) is 0 Å². The molecule has 0 bridgehead atoms. The molecule has 38 valence electrons. The van der Waals surface area contributed by atoms with Gasteiger partial charge in [0, 0.05) is 6.92 Å². The van der Waals surface area contributed by atoms with Crippen molar-refractivity contribution < 1.29 is 55.8 Å². The van der Waals surface area contributed by atoms with E-state index in [1.54, 1.807) is 6.92 Å². The first kappa shape index (κ1) is 9.00. The third kappa shape index (κ3) is 2.52. The molecule has 1 heterocycles. The first-order chi connectivity index (χ1) is 3.29. The number of rotatable bonds is 0. The molecule has 0 aliphatic carbocycles. The molecule has 8 heavy (non-hydrogen) atoms. The molecule has 0 radical (unpaired) electrons. The molecule has 1 rings (SSSR count). The van der Waals surface area contributed by atoms with E-state index in [1.807, 2.05) is 0 Å². The second-order valence-corrected chi connectivity index (χ2v) is 1.50. The van der Waals surface area contributed by atoms with Crippen LogP contribution in [0.4, 0.5) is 0 Å². The molecule has 0 amide bonds. The maximum atomic E-state index is 4.73. The maximum Gasteiger partial charge on any atom is 1.00 e. The van der Waals surface area contributed by atoms with Crippen molar-refractivity contribution in [3.8, 4) is 0 Å². The topological polar surface area (TPSA) is 41.8 Å². The fourth-order valence-corrected chi connectivity index (χ4v) is 0.470. The molecule has 0 aliphatic heterocycles. The monoisotopic (exact) mass is 155 g/mol. The first-order valence-electron chi connectivity index (χ1n) is 1.81. The number of hydrogen-bond acceptors (Lipinski definition) is 3. The maximum absolute atomic E-state index is 4.73. The minimum absolute atomic E-state index is 0. The Hall–Kier alpha value is 0.996. The summed E-state index contributed by atoms with van der Waals surface area (Å²) in [6.45, 7) is 1.73. The zero-order valence-electron chi connectivity index (χ0n) is 4.76. The summed E-state index contributed by atoms with van der Waals surface area (Å²) in [5.74, 6) is 0.574. The molecule has 5 heteroatoms. The van der Waals surface area contributed by atoms with Gasteiger partial charge in [-0.15, -0.1) is 5.10 Å². The van der Waals surface area contributed by atoms with Crippen LogP contribution in [0.1, 0.15) is 5.89 Å². The standard InChI is InChI=1S/C3H4N2OS.K/c1-2-4-5-3(7)6-2;/h1H3,(H,5,7);/q;+1. The third-order valence-corrected chi connectivity index (χ3v) is 0.720. The zero-order valence-corrected chi connectivity index (χ0v) is 8.70. The summed E-state index contributed by atoms with van der Waals surface area (Å²) in [4.78, 5) is 0.331. The molecule has 1 N–H and O–H groups in total. The predicted octanol–water partition coefficient (Wildman–Crippen LogP) is -1.96. The van der Waals surface area contributed by atoms with Gasteiger partial charge in [-0.2, -0.15) is 0 Å². The smallest absolute Gasteiger partial charge is 0.414 e. The number of hydrogen-bond donors (Lipinski definition) is 1. The molecule has 0 fully saturated rings. The van der Waals surface area contributed by atoms with Crippen molar-refractivity contribution in [2.45, 2.75) is 6.92 Å². The zero-order chi connectivity index (χ0) is 5.28. The Kier molecular flexibility index (Phi) is 4.40. The summed E-state index contributed by atoms with van der Waals surface area (Å²) in [5, 5.41) is 6.09. The van der Waals surface area contributed by atoms with Gasteiger partial charge in [0.2, 0.25) is 5.89 Å². The summed E-state index contributed by atoms with van der Waals surface area (Å²) >= 11 is 4.55. The molecule has 0 saturated carbocycles. The third-order valence-electron chi connectivity index (χ3n) is 0.545. The predicted molar refractivity (Wildman–Crippen MR) is 26.4 cm³/mol. The summed E-state index contributed by atoms with van der Waals surface area (Å²) < 4.78 is 4.73. The summed E-state index contributed by atoms with van der Waals surface area (Å²) in [6, 6.07) is 0. The number of H-pyrrole nitrogens is 1. The summed E-state index contributed by atoms with van der Waals surface area (Å²) in [7, 11) is 0. The van der Waals surface area contributed by atoms with Gasteiger partial charge in [0.1, 0.15) is 0 Å². The van der Waals surface area contributed by atoms with Gasteiger partial charge in [-0.3, -0.25) is 0 Å². The van der Waals surface area contributed by atoms with Crippen LogP contribution in [0.3, 0.4) is 0 Å².